The molecule has 0 unspecified atom stereocenters. The molecule has 1 N–H and O–H groups in total. The second kappa shape index (κ2) is 10.6. The minimum absolute atomic E-state index is 0.133. The number of H-pyrrole nitrogens is 1. The summed E-state index contributed by atoms with van der Waals surface area (Å²) in [6, 6.07) is 14.7. The third kappa shape index (κ3) is 5.66. The van der Waals surface area contributed by atoms with Crippen LogP contribution in [-0.2, 0) is 11.2 Å². The maximum atomic E-state index is 12.6. The number of rotatable bonds is 8. The van der Waals surface area contributed by atoms with Crippen LogP contribution in [-0.4, -0.2) is 65.0 Å². The molecular weight excluding hydrogens is 428 g/mol. The van der Waals surface area contributed by atoms with Crippen molar-refractivity contribution in [3.63, 3.8) is 0 Å². The number of nitrogens with zero attached hydrogens (tertiary/aromatic N) is 3. The molecule has 0 spiro atoms. The van der Waals surface area contributed by atoms with Gasteiger partial charge in [-0.15, -0.1) is 0 Å². The van der Waals surface area contributed by atoms with Crippen LogP contribution in [0.5, 0.6) is 5.75 Å². The van der Waals surface area contributed by atoms with E-state index in [1.54, 1.807) is 6.07 Å². The molecule has 2 aromatic carbocycles. The van der Waals surface area contributed by atoms with E-state index in [1.165, 1.54) is 0 Å². The lowest BCUT2D eigenvalue weighted by Gasteiger charge is -2.34. The maximum Gasteiger partial charge on any atom is 0.258 e. The molecule has 0 saturated carbocycles. The van der Waals surface area contributed by atoms with Crippen LogP contribution < -0.4 is 10.3 Å². The number of hydrogen-bond acceptors (Lipinski definition) is 5. The van der Waals surface area contributed by atoms with E-state index in [4.69, 9.17) is 16.3 Å². The van der Waals surface area contributed by atoms with Gasteiger partial charge in [0.25, 0.3) is 5.56 Å². The molecule has 0 bridgehead atoms. The Hall–Kier alpha value is -2.90. The second-order valence-corrected chi connectivity index (χ2v) is 8.29. The van der Waals surface area contributed by atoms with E-state index in [9.17, 15) is 9.59 Å². The number of ether oxygens (including phenoxy) is 1. The molecule has 1 aliphatic heterocycles. The lowest BCUT2D eigenvalue weighted by molar-refractivity contribution is -0.133. The topological polar surface area (TPSA) is 78.5 Å². The van der Waals surface area contributed by atoms with Gasteiger partial charge in [0.2, 0.25) is 5.91 Å². The SMILES string of the molecule is O=C(CCCc1nc2ccccc2c(=O)[nH]1)N1CCN(CCOc2ccccc2Cl)CC1. The lowest BCUT2D eigenvalue weighted by Crippen LogP contribution is -2.49. The third-order valence-corrected chi connectivity index (χ3v) is 6.01. The summed E-state index contributed by atoms with van der Waals surface area (Å²) in [7, 11) is 0. The van der Waals surface area contributed by atoms with Crippen LogP contribution in [0, 0.1) is 0 Å². The highest BCUT2D eigenvalue weighted by atomic mass is 35.5. The molecule has 1 fully saturated rings. The lowest BCUT2D eigenvalue weighted by atomic mass is 10.2. The average Bonchev–Trinajstić information content (AvgIpc) is 2.81. The molecule has 2 heterocycles. The van der Waals surface area contributed by atoms with E-state index < -0.39 is 0 Å². The summed E-state index contributed by atoms with van der Waals surface area (Å²) >= 11 is 6.11. The van der Waals surface area contributed by atoms with Crippen LogP contribution in [0.25, 0.3) is 10.9 Å². The number of carbonyl (C=O) groups excluding carboxylic acids is 1. The molecule has 7 nitrogen and oxygen atoms in total. The number of amides is 1. The van der Waals surface area contributed by atoms with Crippen molar-refractivity contribution >= 4 is 28.4 Å². The minimum Gasteiger partial charge on any atom is -0.491 e. The highest BCUT2D eigenvalue weighted by Gasteiger charge is 2.20. The van der Waals surface area contributed by atoms with E-state index in [0.717, 1.165) is 32.7 Å². The van der Waals surface area contributed by atoms with Crippen LogP contribution in [0.15, 0.2) is 53.3 Å². The summed E-state index contributed by atoms with van der Waals surface area (Å²) in [6.45, 7) is 4.46. The van der Waals surface area contributed by atoms with Gasteiger partial charge in [0.1, 0.15) is 18.2 Å². The molecule has 0 atom stereocenters. The van der Waals surface area contributed by atoms with Gasteiger partial charge in [-0.2, -0.15) is 0 Å². The van der Waals surface area contributed by atoms with E-state index in [1.807, 2.05) is 47.4 Å². The summed E-state index contributed by atoms with van der Waals surface area (Å²) in [5.41, 5.74) is 0.554. The van der Waals surface area contributed by atoms with Crippen LogP contribution >= 0.6 is 11.6 Å². The minimum atomic E-state index is -0.133. The number of aryl methyl sites for hydroxylation is 1. The number of piperazine rings is 1. The average molecular weight is 455 g/mol. The van der Waals surface area contributed by atoms with Gasteiger partial charge in [-0.1, -0.05) is 35.9 Å². The van der Waals surface area contributed by atoms with Crippen molar-refractivity contribution in [1.82, 2.24) is 19.8 Å². The number of carbonyl (C=O) groups is 1. The number of aromatic nitrogens is 2. The van der Waals surface area contributed by atoms with Gasteiger partial charge in [0.05, 0.1) is 15.9 Å². The fourth-order valence-electron chi connectivity index (χ4n) is 3.89. The Morgan fingerprint density at radius 3 is 2.62 bits per heavy atom. The molecule has 4 rings (SSSR count). The number of benzene rings is 2. The molecule has 168 valence electrons. The van der Waals surface area contributed by atoms with Crippen LogP contribution in [0.4, 0.5) is 0 Å². The van der Waals surface area contributed by atoms with Crippen molar-refractivity contribution in [2.75, 3.05) is 39.3 Å². The van der Waals surface area contributed by atoms with Gasteiger partial charge in [0, 0.05) is 45.6 Å². The van der Waals surface area contributed by atoms with Crippen molar-refractivity contribution in [3.05, 3.63) is 69.7 Å². The van der Waals surface area contributed by atoms with Gasteiger partial charge in [-0.3, -0.25) is 14.5 Å². The third-order valence-electron chi connectivity index (χ3n) is 5.69. The fraction of sp³-hybridized carbons (Fsp3) is 0.375. The normalized spacial score (nSPS) is 14.6. The van der Waals surface area contributed by atoms with Gasteiger partial charge >= 0.3 is 0 Å². The first-order chi connectivity index (χ1) is 15.6. The Bertz CT molecular complexity index is 1130. The molecule has 0 radical (unpaired) electrons. The van der Waals surface area contributed by atoms with Crippen LogP contribution in [0.1, 0.15) is 18.7 Å². The second-order valence-electron chi connectivity index (χ2n) is 7.88. The van der Waals surface area contributed by atoms with Gasteiger partial charge in [-0.05, 0) is 30.7 Å². The Kier molecular flexibility index (Phi) is 7.39. The number of fused-ring (bicyclic) bond motifs is 1. The Balaban J connectivity index is 1.17. The Labute approximate surface area is 192 Å². The molecule has 1 aliphatic rings. The van der Waals surface area contributed by atoms with E-state index in [-0.39, 0.29) is 11.5 Å². The molecular formula is C24H27ClN4O3. The Morgan fingerprint density at radius 1 is 1.06 bits per heavy atom. The first kappa shape index (κ1) is 22.3. The molecule has 0 aliphatic carbocycles. The highest BCUT2D eigenvalue weighted by Crippen LogP contribution is 2.23. The van der Waals surface area contributed by atoms with Crippen molar-refractivity contribution < 1.29 is 9.53 Å². The maximum absolute atomic E-state index is 12.6. The smallest absolute Gasteiger partial charge is 0.258 e. The number of halogens is 1. The largest absolute Gasteiger partial charge is 0.491 e. The summed E-state index contributed by atoms with van der Waals surface area (Å²) in [6.07, 6.45) is 1.68. The quantitative estimate of drug-likeness (QED) is 0.565. The number of para-hydroxylation sites is 2. The number of hydrogen-bond donors (Lipinski definition) is 1. The predicted molar refractivity (Wildman–Crippen MR) is 125 cm³/mol. The monoisotopic (exact) mass is 454 g/mol. The van der Waals surface area contributed by atoms with E-state index in [0.29, 0.717) is 53.4 Å². The fourth-order valence-corrected chi connectivity index (χ4v) is 4.08. The number of aromatic amines is 1. The molecule has 1 aromatic heterocycles. The highest BCUT2D eigenvalue weighted by molar-refractivity contribution is 6.32. The van der Waals surface area contributed by atoms with Crippen molar-refractivity contribution in [3.8, 4) is 5.75 Å². The van der Waals surface area contributed by atoms with Gasteiger partial charge in [0.15, 0.2) is 0 Å². The molecule has 1 amide bonds. The van der Waals surface area contributed by atoms with Gasteiger partial charge in [-0.25, -0.2) is 4.98 Å². The predicted octanol–water partition coefficient (Wildman–Crippen LogP) is 3.12. The van der Waals surface area contributed by atoms with E-state index in [2.05, 4.69) is 14.9 Å². The summed E-state index contributed by atoms with van der Waals surface area (Å²) in [4.78, 5) is 36.3. The zero-order valence-corrected chi connectivity index (χ0v) is 18.7. The standard InChI is InChI=1S/C24H27ClN4O3/c25-19-7-2-4-9-21(19)32-17-16-28-12-14-29(15-13-28)23(30)11-5-10-22-26-20-8-3-1-6-18(20)24(31)27-22/h1-4,6-9H,5,10-17H2,(H,26,27,31). The summed E-state index contributed by atoms with van der Waals surface area (Å²) in [5.74, 6) is 1.48. The van der Waals surface area contributed by atoms with Gasteiger partial charge < -0.3 is 14.6 Å². The Morgan fingerprint density at radius 2 is 1.81 bits per heavy atom. The zero-order valence-electron chi connectivity index (χ0n) is 17.9. The first-order valence-corrected chi connectivity index (χ1v) is 11.3. The molecule has 1 saturated heterocycles. The van der Waals surface area contributed by atoms with Crippen molar-refractivity contribution in [2.45, 2.75) is 19.3 Å². The zero-order chi connectivity index (χ0) is 22.3. The summed E-state index contributed by atoms with van der Waals surface area (Å²) < 4.78 is 5.76. The van der Waals surface area contributed by atoms with Crippen LogP contribution in [0.3, 0.4) is 0 Å². The molecule has 3 aromatic rings. The van der Waals surface area contributed by atoms with Crippen LogP contribution in [0.2, 0.25) is 5.02 Å². The first-order valence-electron chi connectivity index (χ1n) is 11.0. The molecule has 8 heteroatoms. The van der Waals surface area contributed by atoms with Crippen molar-refractivity contribution in [1.29, 1.82) is 0 Å². The van der Waals surface area contributed by atoms with E-state index >= 15 is 0 Å². The molecule has 32 heavy (non-hydrogen) atoms. The number of nitrogens with one attached hydrogen (secondary N) is 1. The summed E-state index contributed by atoms with van der Waals surface area (Å²) in [5, 5.41) is 1.20. The van der Waals surface area contributed by atoms with Crippen molar-refractivity contribution in [2.24, 2.45) is 0 Å².